The number of fused-ring (bicyclic) bond motifs is 1. The monoisotopic (exact) mass is 338 g/mol. The molecule has 1 amide bonds. The van der Waals surface area contributed by atoms with Crippen molar-refractivity contribution < 1.29 is 9.18 Å². The van der Waals surface area contributed by atoms with Gasteiger partial charge in [-0.3, -0.25) is 19.3 Å². The zero-order valence-corrected chi connectivity index (χ0v) is 13.3. The summed E-state index contributed by atoms with van der Waals surface area (Å²) < 4.78 is 14.4. The van der Waals surface area contributed by atoms with Crippen LogP contribution >= 0.6 is 0 Å². The van der Waals surface area contributed by atoms with Crippen LogP contribution in [0.3, 0.4) is 0 Å². The van der Waals surface area contributed by atoms with Crippen molar-refractivity contribution >= 4 is 5.91 Å². The predicted octanol–water partition coefficient (Wildman–Crippen LogP) is 1.90. The van der Waals surface area contributed by atoms with Crippen molar-refractivity contribution in [1.29, 1.82) is 0 Å². The molecule has 1 aliphatic heterocycles. The number of pyridine rings is 1. The lowest BCUT2D eigenvalue weighted by atomic mass is 10.1. The molecule has 6 nitrogen and oxygen atoms in total. The van der Waals surface area contributed by atoms with Crippen LogP contribution in [-0.2, 0) is 13.0 Å². The second-order valence-corrected chi connectivity index (χ2v) is 5.95. The van der Waals surface area contributed by atoms with E-state index in [1.807, 2.05) is 0 Å². The van der Waals surface area contributed by atoms with Gasteiger partial charge in [-0.05, 0) is 30.3 Å². The molecule has 1 aromatic carbocycles. The number of hydrogen-bond acceptors (Lipinski definition) is 3. The molecule has 3 heterocycles. The summed E-state index contributed by atoms with van der Waals surface area (Å²) in [5, 5.41) is 6.94. The third-order valence-corrected chi connectivity index (χ3v) is 4.35. The number of nitrogens with one attached hydrogen (secondary N) is 1. The van der Waals surface area contributed by atoms with Crippen LogP contribution in [-0.4, -0.2) is 32.1 Å². The minimum Gasteiger partial charge on any atom is -0.334 e. The quantitative estimate of drug-likeness (QED) is 0.776. The molecule has 0 spiro atoms. The smallest absolute Gasteiger partial charge is 0.255 e. The Labute approximate surface area is 142 Å². The Balaban J connectivity index is 1.65. The maximum absolute atomic E-state index is 13.1. The molecule has 3 aromatic rings. The fourth-order valence-corrected chi connectivity index (χ4v) is 2.99. The summed E-state index contributed by atoms with van der Waals surface area (Å²) in [7, 11) is 0. The Hall–Kier alpha value is -3.22. The summed E-state index contributed by atoms with van der Waals surface area (Å²) in [5.74, 6) is -0.532. The van der Waals surface area contributed by atoms with E-state index in [0.29, 0.717) is 24.3 Å². The van der Waals surface area contributed by atoms with Crippen molar-refractivity contribution in [1.82, 2.24) is 19.7 Å². The Bertz CT molecular complexity index is 991. The zero-order chi connectivity index (χ0) is 17.4. The molecule has 25 heavy (non-hydrogen) atoms. The maximum Gasteiger partial charge on any atom is 0.255 e. The minimum absolute atomic E-state index is 0.150. The number of aromatic amines is 1. The zero-order valence-electron chi connectivity index (χ0n) is 13.3. The first kappa shape index (κ1) is 15.3. The molecule has 2 aromatic heterocycles. The summed E-state index contributed by atoms with van der Waals surface area (Å²) >= 11 is 0. The summed E-state index contributed by atoms with van der Waals surface area (Å²) in [6.45, 7) is 1.07. The SMILES string of the molecule is O=C(c1ccc(=O)n(-c2ccc(F)cc2)c1)N1CCc2[nH]ncc2C1. The second-order valence-electron chi connectivity index (χ2n) is 5.95. The number of carbonyl (C=O) groups excluding carboxylic acids is 1. The Morgan fingerprint density at radius 3 is 2.76 bits per heavy atom. The van der Waals surface area contributed by atoms with Crippen LogP contribution in [0.5, 0.6) is 0 Å². The molecule has 1 N–H and O–H groups in total. The van der Waals surface area contributed by atoms with Gasteiger partial charge < -0.3 is 4.90 Å². The molecule has 7 heteroatoms. The molecule has 0 saturated carbocycles. The fourth-order valence-electron chi connectivity index (χ4n) is 2.99. The lowest BCUT2D eigenvalue weighted by molar-refractivity contribution is 0.0733. The van der Waals surface area contributed by atoms with E-state index in [4.69, 9.17) is 0 Å². The van der Waals surface area contributed by atoms with Gasteiger partial charge in [-0.15, -0.1) is 0 Å². The van der Waals surface area contributed by atoms with Crippen LogP contribution < -0.4 is 5.56 Å². The number of amides is 1. The molecule has 0 aliphatic carbocycles. The summed E-state index contributed by atoms with van der Waals surface area (Å²) in [5.41, 5.74) is 2.71. The molecule has 0 fully saturated rings. The maximum atomic E-state index is 13.1. The van der Waals surface area contributed by atoms with Crippen molar-refractivity contribution in [2.75, 3.05) is 6.54 Å². The highest BCUT2D eigenvalue weighted by Crippen LogP contribution is 2.18. The van der Waals surface area contributed by atoms with Gasteiger partial charge >= 0.3 is 0 Å². The van der Waals surface area contributed by atoms with Gasteiger partial charge in [0.1, 0.15) is 5.82 Å². The first-order valence-corrected chi connectivity index (χ1v) is 7.91. The number of H-pyrrole nitrogens is 1. The average molecular weight is 338 g/mol. The van der Waals surface area contributed by atoms with Gasteiger partial charge in [-0.25, -0.2) is 4.39 Å². The number of carbonyl (C=O) groups is 1. The van der Waals surface area contributed by atoms with Crippen molar-refractivity contribution in [2.24, 2.45) is 0 Å². The molecular weight excluding hydrogens is 323 g/mol. The number of rotatable bonds is 2. The first-order chi connectivity index (χ1) is 12.1. The van der Waals surface area contributed by atoms with E-state index >= 15 is 0 Å². The normalized spacial score (nSPS) is 13.6. The number of hydrogen-bond donors (Lipinski definition) is 1. The molecule has 126 valence electrons. The van der Waals surface area contributed by atoms with E-state index in [9.17, 15) is 14.0 Å². The second kappa shape index (κ2) is 6.01. The van der Waals surface area contributed by atoms with Crippen LogP contribution in [0.4, 0.5) is 4.39 Å². The van der Waals surface area contributed by atoms with Gasteiger partial charge in [-0.1, -0.05) is 0 Å². The molecule has 0 bridgehead atoms. The standard InChI is InChI=1S/C18H15FN4O2/c19-14-2-4-15(5-3-14)23-11-12(1-6-17(23)24)18(25)22-8-7-16-13(10-22)9-20-21-16/h1-6,9,11H,7-8,10H2,(H,20,21). The average Bonchev–Trinajstić information content (AvgIpc) is 3.10. The van der Waals surface area contributed by atoms with E-state index in [2.05, 4.69) is 10.2 Å². The number of halogens is 1. The van der Waals surface area contributed by atoms with E-state index in [0.717, 1.165) is 17.7 Å². The topological polar surface area (TPSA) is 71.0 Å². The molecule has 0 radical (unpaired) electrons. The van der Waals surface area contributed by atoms with Crippen LogP contribution in [0.15, 0.2) is 53.6 Å². The van der Waals surface area contributed by atoms with E-state index in [-0.39, 0.29) is 17.3 Å². The van der Waals surface area contributed by atoms with E-state index < -0.39 is 0 Å². The minimum atomic E-state index is -0.381. The molecule has 1 aliphatic rings. The van der Waals surface area contributed by atoms with Crippen molar-refractivity contribution in [3.63, 3.8) is 0 Å². The fraction of sp³-hybridized carbons (Fsp3) is 0.167. The number of aromatic nitrogens is 3. The van der Waals surface area contributed by atoms with Crippen LogP contribution in [0.25, 0.3) is 5.69 Å². The van der Waals surface area contributed by atoms with Gasteiger partial charge in [0.25, 0.3) is 11.5 Å². The summed E-state index contributed by atoms with van der Waals surface area (Å²) in [4.78, 5) is 26.6. The summed E-state index contributed by atoms with van der Waals surface area (Å²) in [6.07, 6.45) is 3.95. The third kappa shape index (κ3) is 2.84. The molecular formula is C18H15FN4O2. The van der Waals surface area contributed by atoms with Crippen LogP contribution in [0.2, 0.25) is 0 Å². The molecule has 0 saturated heterocycles. The molecule has 0 unspecified atom stereocenters. The Morgan fingerprint density at radius 1 is 1.16 bits per heavy atom. The van der Waals surface area contributed by atoms with E-state index in [1.54, 1.807) is 11.1 Å². The Kier molecular flexibility index (Phi) is 3.68. The van der Waals surface area contributed by atoms with Gasteiger partial charge in [0.15, 0.2) is 0 Å². The largest absolute Gasteiger partial charge is 0.334 e. The van der Waals surface area contributed by atoms with E-state index in [1.165, 1.54) is 47.2 Å². The van der Waals surface area contributed by atoms with Crippen molar-refractivity contribution in [3.05, 3.63) is 81.8 Å². The first-order valence-electron chi connectivity index (χ1n) is 7.91. The summed E-state index contributed by atoms with van der Waals surface area (Å²) in [6, 6.07) is 8.44. The lowest BCUT2D eigenvalue weighted by Crippen LogP contribution is -2.36. The van der Waals surface area contributed by atoms with Gasteiger partial charge in [-0.2, -0.15) is 5.10 Å². The van der Waals surface area contributed by atoms with Gasteiger partial charge in [0.2, 0.25) is 0 Å². The van der Waals surface area contributed by atoms with Gasteiger partial charge in [0.05, 0.1) is 11.8 Å². The Morgan fingerprint density at radius 2 is 1.96 bits per heavy atom. The number of nitrogens with zero attached hydrogens (tertiary/aromatic N) is 3. The lowest BCUT2D eigenvalue weighted by Gasteiger charge is -2.26. The number of benzene rings is 1. The molecule has 4 rings (SSSR count). The van der Waals surface area contributed by atoms with Crippen molar-refractivity contribution in [2.45, 2.75) is 13.0 Å². The van der Waals surface area contributed by atoms with Crippen molar-refractivity contribution in [3.8, 4) is 5.69 Å². The highest BCUT2D eigenvalue weighted by Gasteiger charge is 2.23. The highest BCUT2D eigenvalue weighted by atomic mass is 19.1. The molecule has 0 atom stereocenters. The van der Waals surface area contributed by atoms with Crippen LogP contribution in [0, 0.1) is 5.82 Å². The van der Waals surface area contributed by atoms with Gasteiger partial charge in [0, 0.05) is 48.7 Å². The highest BCUT2D eigenvalue weighted by molar-refractivity contribution is 5.94. The predicted molar refractivity (Wildman–Crippen MR) is 89.0 cm³/mol. The third-order valence-electron chi connectivity index (χ3n) is 4.35. The van der Waals surface area contributed by atoms with Crippen LogP contribution in [0.1, 0.15) is 21.6 Å².